The van der Waals surface area contributed by atoms with Crippen LogP contribution in [0.2, 0.25) is 0 Å². The summed E-state index contributed by atoms with van der Waals surface area (Å²) in [5, 5.41) is 8.94. The summed E-state index contributed by atoms with van der Waals surface area (Å²) in [5.41, 5.74) is 6.75. The van der Waals surface area contributed by atoms with Gasteiger partial charge in [0.05, 0.1) is 5.56 Å². The van der Waals surface area contributed by atoms with Crippen molar-refractivity contribution in [1.82, 2.24) is 0 Å². The number of benzene rings is 2. The minimum absolute atomic E-state index is 0.184. The molecule has 24 heavy (non-hydrogen) atoms. The number of aromatic carboxylic acids is 1. The summed E-state index contributed by atoms with van der Waals surface area (Å²) >= 11 is 0. The Bertz CT molecular complexity index is 837. The number of hydrogen-bond acceptors (Lipinski definition) is 1. The minimum Gasteiger partial charge on any atom is -0.478 e. The lowest BCUT2D eigenvalue weighted by atomic mass is 9.73. The molecule has 0 fully saturated rings. The first kappa shape index (κ1) is 16.3. The standard InChI is InChI=1S/C22H22O2/c1-15-12-19-13-17(8-11-20(19)22(2,3)14-15)5-4-16-6-9-18(10-7-16)21(23)24/h4-13H,14H2,1-3H3,(H,23,24)/b5-4+. The topological polar surface area (TPSA) is 37.3 Å². The SMILES string of the molecule is CC1=Cc2cc(/C=C/c3ccc(C(=O)O)cc3)ccc2C(C)(C)C1. The average Bonchev–Trinajstić information content (AvgIpc) is 2.52. The molecule has 2 nitrogen and oxygen atoms in total. The third-order valence-corrected chi connectivity index (χ3v) is 4.55. The zero-order valence-corrected chi connectivity index (χ0v) is 14.3. The molecular formula is C22H22O2. The largest absolute Gasteiger partial charge is 0.478 e. The van der Waals surface area contributed by atoms with Crippen LogP contribution < -0.4 is 0 Å². The summed E-state index contributed by atoms with van der Waals surface area (Å²) in [6.45, 7) is 6.78. The van der Waals surface area contributed by atoms with Crippen molar-refractivity contribution >= 4 is 24.2 Å². The fourth-order valence-corrected chi connectivity index (χ4v) is 3.46. The van der Waals surface area contributed by atoms with E-state index in [4.69, 9.17) is 5.11 Å². The van der Waals surface area contributed by atoms with Gasteiger partial charge in [0, 0.05) is 0 Å². The second kappa shape index (κ2) is 6.12. The number of hydrogen-bond donors (Lipinski definition) is 1. The highest BCUT2D eigenvalue weighted by molar-refractivity contribution is 5.88. The summed E-state index contributed by atoms with van der Waals surface area (Å²) in [4.78, 5) is 10.9. The smallest absolute Gasteiger partial charge is 0.335 e. The maximum absolute atomic E-state index is 10.9. The van der Waals surface area contributed by atoms with Gasteiger partial charge in [-0.2, -0.15) is 0 Å². The van der Waals surface area contributed by atoms with Crippen LogP contribution in [0.25, 0.3) is 18.2 Å². The number of allylic oxidation sites excluding steroid dienone is 1. The molecule has 0 aliphatic heterocycles. The second-order valence-electron chi connectivity index (χ2n) is 7.16. The molecule has 0 saturated heterocycles. The molecule has 3 rings (SSSR count). The lowest BCUT2D eigenvalue weighted by Crippen LogP contribution is -2.21. The number of carboxylic acids is 1. The zero-order chi connectivity index (χ0) is 17.3. The van der Waals surface area contributed by atoms with Gasteiger partial charge in [-0.15, -0.1) is 0 Å². The molecule has 0 radical (unpaired) electrons. The monoisotopic (exact) mass is 318 g/mol. The van der Waals surface area contributed by atoms with Crippen LogP contribution in [-0.4, -0.2) is 11.1 Å². The Morgan fingerprint density at radius 3 is 2.33 bits per heavy atom. The van der Waals surface area contributed by atoms with E-state index in [2.05, 4.69) is 51.1 Å². The number of rotatable bonds is 3. The highest BCUT2D eigenvalue weighted by Crippen LogP contribution is 2.38. The van der Waals surface area contributed by atoms with Crippen molar-refractivity contribution in [2.45, 2.75) is 32.6 Å². The first-order chi connectivity index (χ1) is 11.3. The second-order valence-corrected chi connectivity index (χ2v) is 7.16. The van der Waals surface area contributed by atoms with Crippen LogP contribution in [0.4, 0.5) is 0 Å². The number of carbonyl (C=O) groups is 1. The molecule has 122 valence electrons. The van der Waals surface area contributed by atoms with Crippen molar-refractivity contribution < 1.29 is 9.90 Å². The van der Waals surface area contributed by atoms with Crippen molar-refractivity contribution in [3.63, 3.8) is 0 Å². The van der Waals surface area contributed by atoms with E-state index in [1.54, 1.807) is 12.1 Å². The summed E-state index contributed by atoms with van der Waals surface area (Å²) in [6.07, 6.45) is 7.46. The molecule has 2 aromatic carbocycles. The van der Waals surface area contributed by atoms with Crippen LogP contribution in [0.5, 0.6) is 0 Å². The van der Waals surface area contributed by atoms with Crippen LogP contribution >= 0.6 is 0 Å². The molecule has 0 aromatic heterocycles. The quantitative estimate of drug-likeness (QED) is 0.744. The third kappa shape index (κ3) is 3.33. The maximum atomic E-state index is 10.9. The van der Waals surface area contributed by atoms with Crippen LogP contribution in [0.1, 0.15) is 59.8 Å². The van der Waals surface area contributed by atoms with Crippen molar-refractivity contribution in [2.75, 3.05) is 0 Å². The Morgan fingerprint density at radius 2 is 1.67 bits per heavy atom. The van der Waals surface area contributed by atoms with Gasteiger partial charge >= 0.3 is 5.97 Å². The van der Waals surface area contributed by atoms with Gasteiger partial charge < -0.3 is 5.11 Å². The first-order valence-corrected chi connectivity index (χ1v) is 8.18. The molecular weight excluding hydrogens is 296 g/mol. The zero-order valence-electron chi connectivity index (χ0n) is 14.3. The average molecular weight is 318 g/mol. The number of carboxylic acid groups (broad SMARTS) is 1. The Labute approximate surface area is 143 Å². The molecule has 0 unspecified atom stereocenters. The van der Waals surface area contributed by atoms with E-state index in [1.165, 1.54) is 16.7 Å². The van der Waals surface area contributed by atoms with Crippen molar-refractivity contribution in [3.05, 3.63) is 75.9 Å². The van der Waals surface area contributed by atoms with E-state index in [1.807, 2.05) is 18.2 Å². The molecule has 1 aliphatic rings. The van der Waals surface area contributed by atoms with E-state index < -0.39 is 5.97 Å². The van der Waals surface area contributed by atoms with Gasteiger partial charge in [-0.25, -0.2) is 4.79 Å². The van der Waals surface area contributed by atoms with Crippen LogP contribution in [-0.2, 0) is 5.41 Å². The van der Waals surface area contributed by atoms with Gasteiger partial charge in [-0.1, -0.05) is 61.9 Å². The predicted octanol–water partition coefficient (Wildman–Crippen LogP) is 5.64. The molecule has 0 spiro atoms. The minimum atomic E-state index is -0.898. The van der Waals surface area contributed by atoms with Crippen molar-refractivity contribution in [3.8, 4) is 0 Å². The van der Waals surface area contributed by atoms with Gasteiger partial charge in [0.15, 0.2) is 0 Å². The van der Waals surface area contributed by atoms with Gasteiger partial charge in [0.2, 0.25) is 0 Å². The van der Waals surface area contributed by atoms with Gasteiger partial charge in [-0.3, -0.25) is 0 Å². The summed E-state index contributed by atoms with van der Waals surface area (Å²) in [6, 6.07) is 13.5. The molecule has 0 atom stereocenters. The van der Waals surface area contributed by atoms with Crippen LogP contribution in [0.3, 0.4) is 0 Å². The summed E-state index contributed by atoms with van der Waals surface area (Å²) in [7, 11) is 0. The molecule has 0 amide bonds. The molecule has 0 saturated carbocycles. The fraction of sp³-hybridized carbons (Fsp3) is 0.227. The maximum Gasteiger partial charge on any atom is 0.335 e. The van der Waals surface area contributed by atoms with E-state index in [0.29, 0.717) is 5.56 Å². The van der Waals surface area contributed by atoms with E-state index in [-0.39, 0.29) is 5.41 Å². The first-order valence-electron chi connectivity index (χ1n) is 8.18. The molecule has 2 heteroatoms. The van der Waals surface area contributed by atoms with Gasteiger partial charge in [0.1, 0.15) is 0 Å². The summed E-state index contributed by atoms with van der Waals surface area (Å²) < 4.78 is 0. The molecule has 1 aliphatic carbocycles. The Balaban J connectivity index is 1.87. The van der Waals surface area contributed by atoms with Crippen LogP contribution in [0, 0.1) is 0 Å². The molecule has 0 heterocycles. The van der Waals surface area contributed by atoms with Gasteiger partial charge in [0.25, 0.3) is 0 Å². The molecule has 1 N–H and O–H groups in total. The van der Waals surface area contributed by atoms with Crippen molar-refractivity contribution in [2.24, 2.45) is 0 Å². The van der Waals surface area contributed by atoms with E-state index >= 15 is 0 Å². The Kier molecular flexibility index (Phi) is 4.15. The lowest BCUT2D eigenvalue weighted by Gasteiger charge is -2.31. The van der Waals surface area contributed by atoms with Crippen LogP contribution in [0.15, 0.2) is 48.0 Å². The van der Waals surface area contributed by atoms with Gasteiger partial charge in [-0.05, 0) is 59.2 Å². The Morgan fingerprint density at radius 1 is 1.04 bits per heavy atom. The fourth-order valence-electron chi connectivity index (χ4n) is 3.46. The normalized spacial score (nSPS) is 15.9. The number of fused-ring (bicyclic) bond motifs is 1. The highest BCUT2D eigenvalue weighted by atomic mass is 16.4. The Hall–Kier alpha value is -2.61. The molecule has 2 aromatic rings. The third-order valence-electron chi connectivity index (χ3n) is 4.55. The lowest BCUT2D eigenvalue weighted by molar-refractivity contribution is 0.0697. The van der Waals surface area contributed by atoms with Crippen molar-refractivity contribution in [1.29, 1.82) is 0 Å². The highest BCUT2D eigenvalue weighted by Gasteiger charge is 2.26. The van der Waals surface area contributed by atoms with E-state index in [9.17, 15) is 4.79 Å². The molecule has 0 bridgehead atoms. The summed E-state index contributed by atoms with van der Waals surface area (Å²) in [5.74, 6) is -0.898. The predicted molar refractivity (Wildman–Crippen MR) is 100 cm³/mol. The van der Waals surface area contributed by atoms with E-state index in [0.717, 1.165) is 17.5 Å².